The Morgan fingerprint density at radius 3 is 2.57 bits per heavy atom. The van der Waals surface area contributed by atoms with Crippen LogP contribution in [0, 0.1) is 13.8 Å². The molecule has 0 unspecified atom stereocenters. The molecule has 0 aromatic heterocycles. The van der Waals surface area contributed by atoms with Gasteiger partial charge in [0.25, 0.3) is 0 Å². The van der Waals surface area contributed by atoms with Crippen LogP contribution in [0.2, 0.25) is 0 Å². The third-order valence-electron chi connectivity index (χ3n) is 3.41. The zero-order valence-corrected chi connectivity index (χ0v) is 15.1. The second-order valence-electron chi connectivity index (χ2n) is 5.57. The highest BCUT2D eigenvalue weighted by atomic mass is 32.2. The van der Waals surface area contributed by atoms with Crippen molar-refractivity contribution in [1.29, 1.82) is 0 Å². The van der Waals surface area contributed by atoms with Gasteiger partial charge in [-0.1, -0.05) is 17.7 Å². The topological polar surface area (TPSA) is 75.7 Å². The lowest BCUT2D eigenvalue weighted by Gasteiger charge is -2.24. The standard InChI is InChI=1S/C16H26N2O4S/c1-13-6-7-15(14(2)12-13)18(23(4,20)21)10-8-16(19)17-9-5-11-22-3/h6-7,12H,5,8-11H2,1-4H3,(H,17,19). The normalized spacial score (nSPS) is 11.3. The van der Waals surface area contributed by atoms with Crippen LogP contribution in [0.5, 0.6) is 0 Å². The molecule has 0 atom stereocenters. The molecule has 0 aliphatic rings. The highest BCUT2D eigenvalue weighted by Gasteiger charge is 2.20. The smallest absolute Gasteiger partial charge is 0.232 e. The molecule has 1 rings (SSSR count). The Morgan fingerprint density at radius 1 is 1.30 bits per heavy atom. The van der Waals surface area contributed by atoms with E-state index in [1.807, 2.05) is 26.0 Å². The van der Waals surface area contributed by atoms with Gasteiger partial charge in [-0.15, -0.1) is 0 Å². The van der Waals surface area contributed by atoms with Gasteiger partial charge in [-0.25, -0.2) is 8.42 Å². The maximum Gasteiger partial charge on any atom is 0.232 e. The van der Waals surface area contributed by atoms with Crippen LogP contribution < -0.4 is 9.62 Å². The fourth-order valence-electron chi connectivity index (χ4n) is 2.29. The van der Waals surface area contributed by atoms with Gasteiger partial charge in [0.1, 0.15) is 0 Å². The molecule has 1 aromatic carbocycles. The maximum atomic E-state index is 12.1. The number of nitrogens with zero attached hydrogens (tertiary/aromatic N) is 1. The first-order chi connectivity index (χ1) is 10.8. The zero-order valence-electron chi connectivity index (χ0n) is 14.3. The summed E-state index contributed by atoms with van der Waals surface area (Å²) in [6, 6.07) is 5.58. The van der Waals surface area contributed by atoms with E-state index in [1.165, 1.54) is 4.31 Å². The van der Waals surface area contributed by atoms with E-state index in [-0.39, 0.29) is 18.9 Å². The molecule has 130 valence electrons. The first kappa shape index (κ1) is 19.4. The summed E-state index contributed by atoms with van der Waals surface area (Å²) < 4.78 is 30.3. The summed E-state index contributed by atoms with van der Waals surface area (Å²) in [6.45, 7) is 5.05. The number of amides is 1. The molecule has 0 heterocycles. The van der Waals surface area contributed by atoms with Gasteiger partial charge in [0.05, 0.1) is 11.9 Å². The predicted molar refractivity (Wildman–Crippen MR) is 92.2 cm³/mol. The summed E-state index contributed by atoms with van der Waals surface area (Å²) >= 11 is 0. The number of hydrogen-bond donors (Lipinski definition) is 1. The minimum Gasteiger partial charge on any atom is -0.385 e. The predicted octanol–water partition coefficient (Wildman–Crippen LogP) is 1.61. The quantitative estimate of drug-likeness (QED) is 0.692. The Hall–Kier alpha value is -1.60. The Labute approximate surface area is 138 Å². The van der Waals surface area contributed by atoms with Crippen molar-refractivity contribution in [2.24, 2.45) is 0 Å². The number of methoxy groups -OCH3 is 1. The molecule has 7 heteroatoms. The number of anilines is 1. The van der Waals surface area contributed by atoms with Crippen LogP contribution in [0.25, 0.3) is 0 Å². The van der Waals surface area contributed by atoms with Crippen LogP contribution in [0.3, 0.4) is 0 Å². The molecule has 1 aromatic rings. The first-order valence-electron chi connectivity index (χ1n) is 7.56. The molecule has 23 heavy (non-hydrogen) atoms. The number of rotatable bonds is 9. The van der Waals surface area contributed by atoms with Gasteiger partial charge in [-0.05, 0) is 31.9 Å². The molecule has 0 radical (unpaired) electrons. The molecule has 0 spiro atoms. The highest BCUT2D eigenvalue weighted by Crippen LogP contribution is 2.23. The van der Waals surface area contributed by atoms with Crippen molar-refractivity contribution in [3.8, 4) is 0 Å². The second-order valence-corrected chi connectivity index (χ2v) is 7.48. The molecule has 6 nitrogen and oxygen atoms in total. The van der Waals surface area contributed by atoms with Gasteiger partial charge in [0.15, 0.2) is 0 Å². The van der Waals surface area contributed by atoms with Gasteiger partial charge in [-0.2, -0.15) is 0 Å². The summed E-state index contributed by atoms with van der Waals surface area (Å²) in [6.07, 6.45) is 2.01. The molecular weight excluding hydrogens is 316 g/mol. The summed E-state index contributed by atoms with van der Waals surface area (Å²) in [5.74, 6) is -0.167. The Bertz CT molecular complexity index is 629. The average molecular weight is 342 g/mol. The van der Waals surface area contributed by atoms with E-state index in [0.717, 1.165) is 23.8 Å². The van der Waals surface area contributed by atoms with Crippen LogP contribution in [0.4, 0.5) is 5.69 Å². The molecule has 1 N–H and O–H groups in total. The van der Waals surface area contributed by atoms with Crippen molar-refractivity contribution in [2.45, 2.75) is 26.7 Å². The molecule has 0 saturated heterocycles. The minimum absolute atomic E-state index is 0.118. The average Bonchev–Trinajstić information content (AvgIpc) is 2.44. The van der Waals surface area contributed by atoms with Crippen molar-refractivity contribution in [3.05, 3.63) is 29.3 Å². The van der Waals surface area contributed by atoms with Crippen LogP contribution in [0.15, 0.2) is 18.2 Å². The number of sulfonamides is 1. The van der Waals surface area contributed by atoms with Crippen molar-refractivity contribution in [2.75, 3.05) is 37.4 Å². The lowest BCUT2D eigenvalue weighted by atomic mass is 10.1. The Morgan fingerprint density at radius 2 is 2.00 bits per heavy atom. The number of aryl methyl sites for hydroxylation is 2. The molecular formula is C16H26N2O4S. The summed E-state index contributed by atoms with van der Waals surface area (Å²) in [5.41, 5.74) is 2.55. The Kier molecular flexibility index (Phi) is 7.51. The SMILES string of the molecule is COCCCNC(=O)CCN(c1ccc(C)cc1C)S(C)(=O)=O. The zero-order chi connectivity index (χ0) is 17.5. The molecule has 0 bridgehead atoms. The lowest BCUT2D eigenvalue weighted by molar-refractivity contribution is -0.120. The van der Waals surface area contributed by atoms with Gasteiger partial charge in [-0.3, -0.25) is 9.10 Å². The van der Waals surface area contributed by atoms with Crippen molar-refractivity contribution >= 4 is 21.6 Å². The van der Waals surface area contributed by atoms with E-state index in [1.54, 1.807) is 13.2 Å². The molecule has 1 amide bonds. The van der Waals surface area contributed by atoms with Gasteiger partial charge in [0, 0.05) is 33.2 Å². The highest BCUT2D eigenvalue weighted by molar-refractivity contribution is 7.92. The van der Waals surface area contributed by atoms with Gasteiger partial charge in [0.2, 0.25) is 15.9 Å². The van der Waals surface area contributed by atoms with Crippen LogP contribution in [-0.4, -0.2) is 47.4 Å². The second kappa shape index (κ2) is 8.88. The van der Waals surface area contributed by atoms with E-state index in [9.17, 15) is 13.2 Å². The first-order valence-corrected chi connectivity index (χ1v) is 9.41. The monoisotopic (exact) mass is 342 g/mol. The minimum atomic E-state index is -3.44. The van der Waals surface area contributed by atoms with E-state index in [2.05, 4.69) is 5.32 Å². The fraction of sp³-hybridized carbons (Fsp3) is 0.562. The molecule has 0 aliphatic carbocycles. The summed E-state index contributed by atoms with van der Waals surface area (Å²) in [4.78, 5) is 11.8. The summed E-state index contributed by atoms with van der Waals surface area (Å²) in [7, 11) is -1.84. The summed E-state index contributed by atoms with van der Waals surface area (Å²) in [5, 5.41) is 2.76. The largest absolute Gasteiger partial charge is 0.385 e. The fourth-order valence-corrected chi connectivity index (χ4v) is 3.27. The third kappa shape index (κ3) is 6.58. The maximum absolute atomic E-state index is 12.1. The Balaban J connectivity index is 2.72. The van der Waals surface area contributed by atoms with Crippen molar-refractivity contribution in [1.82, 2.24) is 5.32 Å². The van der Waals surface area contributed by atoms with E-state index in [0.29, 0.717) is 18.8 Å². The van der Waals surface area contributed by atoms with E-state index < -0.39 is 10.0 Å². The molecule has 0 fully saturated rings. The number of ether oxygens (including phenoxy) is 1. The number of hydrogen-bond acceptors (Lipinski definition) is 4. The van der Waals surface area contributed by atoms with Crippen LogP contribution >= 0.6 is 0 Å². The number of carbonyl (C=O) groups excluding carboxylic acids is 1. The van der Waals surface area contributed by atoms with Crippen molar-refractivity contribution < 1.29 is 17.9 Å². The number of nitrogens with one attached hydrogen (secondary N) is 1. The van der Waals surface area contributed by atoms with Gasteiger partial charge >= 0.3 is 0 Å². The van der Waals surface area contributed by atoms with E-state index >= 15 is 0 Å². The van der Waals surface area contributed by atoms with Crippen molar-refractivity contribution in [3.63, 3.8) is 0 Å². The third-order valence-corrected chi connectivity index (χ3v) is 4.59. The number of benzene rings is 1. The molecule has 0 aliphatic heterocycles. The molecule has 0 saturated carbocycles. The van der Waals surface area contributed by atoms with E-state index in [4.69, 9.17) is 4.74 Å². The number of carbonyl (C=O) groups is 1. The van der Waals surface area contributed by atoms with Gasteiger partial charge < -0.3 is 10.1 Å². The lowest BCUT2D eigenvalue weighted by Crippen LogP contribution is -2.35. The van der Waals surface area contributed by atoms with Crippen LogP contribution in [-0.2, 0) is 19.6 Å². The van der Waals surface area contributed by atoms with Crippen LogP contribution in [0.1, 0.15) is 24.0 Å².